The molecule has 0 spiro atoms. The quantitative estimate of drug-likeness (QED) is 0.190. The average Bonchev–Trinajstić information content (AvgIpc) is 3.70. The van der Waals surface area contributed by atoms with Crippen LogP contribution in [0.15, 0.2) is 140 Å². The Morgan fingerprint density at radius 3 is 1.86 bits per heavy atom. The maximum atomic E-state index is 5.35. The molecule has 6 aromatic rings. The molecule has 244 valence electrons. The highest BCUT2D eigenvalue weighted by Gasteiger charge is 2.80. The lowest BCUT2D eigenvalue weighted by Crippen LogP contribution is -2.80. The third kappa shape index (κ3) is 3.17. The number of rotatable bonds is 3. The minimum atomic E-state index is -0.236. The summed E-state index contributed by atoms with van der Waals surface area (Å²) in [5.74, 6) is 2.38. The van der Waals surface area contributed by atoms with Crippen molar-refractivity contribution in [2.24, 2.45) is 11.3 Å². The largest absolute Gasteiger partial charge is 0.318 e. The summed E-state index contributed by atoms with van der Waals surface area (Å²) in [5, 5.41) is 0. The van der Waals surface area contributed by atoms with Crippen LogP contribution in [0.25, 0.3) is 0 Å². The Morgan fingerprint density at radius 1 is 0.580 bits per heavy atom. The number of hydrogen-bond acceptors (Lipinski definition) is 6. The number of benzene rings is 5. The molecule has 0 bridgehead atoms. The molecular formula is C44H38N6. The number of nitrogens with zero attached hydrogens (tertiary/aromatic N) is 6. The Bertz CT molecular complexity index is 2330. The first-order chi connectivity index (χ1) is 24.6. The zero-order valence-electron chi connectivity index (χ0n) is 28.5. The molecule has 1 saturated carbocycles. The molecule has 1 fully saturated rings. The number of aromatic nitrogens is 2. The van der Waals surface area contributed by atoms with E-state index in [1.807, 2.05) is 6.20 Å². The predicted molar refractivity (Wildman–Crippen MR) is 201 cm³/mol. The lowest BCUT2D eigenvalue weighted by atomic mass is 9.32. The van der Waals surface area contributed by atoms with Crippen molar-refractivity contribution >= 4 is 45.8 Å². The lowest BCUT2D eigenvalue weighted by Gasteiger charge is -2.76. The highest BCUT2D eigenvalue weighted by atomic mass is 15.5. The molecule has 6 atom stereocenters. The lowest BCUT2D eigenvalue weighted by molar-refractivity contribution is -0.124. The molecule has 1 aliphatic carbocycles. The highest BCUT2D eigenvalue weighted by molar-refractivity contribution is 5.93. The minimum absolute atomic E-state index is 0.0223. The van der Waals surface area contributed by atoms with Gasteiger partial charge in [0.15, 0.2) is 11.6 Å². The Morgan fingerprint density at radius 2 is 1.16 bits per heavy atom. The summed E-state index contributed by atoms with van der Waals surface area (Å²) in [6.45, 7) is 7.34. The van der Waals surface area contributed by atoms with Crippen LogP contribution in [0.1, 0.15) is 43.5 Å². The van der Waals surface area contributed by atoms with Crippen molar-refractivity contribution < 1.29 is 0 Å². The van der Waals surface area contributed by atoms with Gasteiger partial charge in [0.1, 0.15) is 12.3 Å². The maximum absolute atomic E-state index is 5.35. The second-order valence-electron chi connectivity index (χ2n) is 14.9. The maximum Gasteiger partial charge on any atom is 0.178 e. The number of hydrogen-bond donors (Lipinski definition) is 0. The van der Waals surface area contributed by atoms with Crippen molar-refractivity contribution in [3.8, 4) is 0 Å². The van der Waals surface area contributed by atoms with E-state index in [0.29, 0.717) is 0 Å². The van der Waals surface area contributed by atoms with Gasteiger partial charge in [-0.15, -0.1) is 0 Å². The molecule has 0 saturated heterocycles. The fourth-order valence-corrected chi connectivity index (χ4v) is 10.9. The van der Waals surface area contributed by atoms with Crippen LogP contribution < -0.4 is 19.6 Å². The van der Waals surface area contributed by atoms with E-state index in [2.05, 4.69) is 174 Å². The van der Waals surface area contributed by atoms with Crippen molar-refractivity contribution in [3.63, 3.8) is 0 Å². The first kappa shape index (κ1) is 28.2. The van der Waals surface area contributed by atoms with Gasteiger partial charge < -0.3 is 19.6 Å². The average molecular weight is 651 g/mol. The normalized spacial score (nSPS) is 27.6. The van der Waals surface area contributed by atoms with Gasteiger partial charge in [0.05, 0.1) is 23.3 Å². The molecule has 5 heterocycles. The highest BCUT2D eigenvalue weighted by Crippen LogP contribution is 2.80. The van der Waals surface area contributed by atoms with Crippen molar-refractivity contribution in [1.29, 1.82) is 0 Å². The molecule has 0 radical (unpaired) electrons. The first-order valence-corrected chi connectivity index (χ1v) is 18.0. The molecule has 6 nitrogen and oxygen atoms in total. The van der Waals surface area contributed by atoms with Crippen LogP contribution in [0.2, 0.25) is 0 Å². The fourth-order valence-electron chi connectivity index (χ4n) is 10.9. The van der Waals surface area contributed by atoms with E-state index in [1.54, 1.807) is 0 Å². The summed E-state index contributed by atoms with van der Waals surface area (Å²) in [4.78, 5) is 20.9. The summed E-state index contributed by atoms with van der Waals surface area (Å²) in [6.07, 6.45) is 2.83. The second-order valence-corrected chi connectivity index (χ2v) is 14.9. The smallest absolute Gasteiger partial charge is 0.178 e. The van der Waals surface area contributed by atoms with E-state index in [0.717, 1.165) is 29.4 Å². The number of fused-ring (bicyclic) bond motifs is 18. The van der Waals surface area contributed by atoms with Crippen LogP contribution in [-0.2, 0) is 11.8 Å². The van der Waals surface area contributed by atoms with Crippen molar-refractivity contribution in [1.82, 2.24) is 9.97 Å². The van der Waals surface area contributed by atoms with Gasteiger partial charge >= 0.3 is 0 Å². The zero-order valence-corrected chi connectivity index (χ0v) is 28.5. The van der Waals surface area contributed by atoms with Gasteiger partial charge in [-0.25, -0.2) is 9.97 Å². The molecule has 6 unspecified atom stereocenters. The molecule has 6 heteroatoms. The topological polar surface area (TPSA) is 38.7 Å². The van der Waals surface area contributed by atoms with E-state index >= 15 is 0 Å². The standard InChI is InChI=1S/C44H38N6/c1-4-28-27-45-39-40(46-28)48(30-19-9-6-10-20-30)41-38-37(31-21-11-13-23-33(31)50(39)41)43(2)32-22-12-14-24-34(32)49-36-26-16-15-25-35(36)47(42(49)44(38,43)3)29-17-7-5-8-18-29/h5-27,37-38,41-42H,4H2,1-3H3. The second kappa shape index (κ2) is 9.75. The number of anilines is 8. The van der Waals surface area contributed by atoms with Gasteiger partial charge in [-0.2, -0.15) is 0 Å². The Kier molecular flexibility index (Phi) is 5.51. The van der Waals surface area contributed by atoms with Gasteiger partial charge in [-0.1, -0.05) is 106 Å². The fraction of sp³-hybridized carbons (Fsp3) is 0.227. The first-order valence-electron chi connectivity index (χ1n) is 18.0. The third-order valence-electron chi connectivity index (χ3n) is 13.0. The van der Waals surface area contributed by atoms with Crippen LogP contribution in [0.5, 0.6) is 0 Å². The van der Waals surface area contributed by atoms with E-state index in [-0.39, 0.29) is 35.0 Å². The summed E-state index contributed by atoms with van der Waals surface area (Å²) < 4.78 is 0. The summed E-state index contributed by atoms with van der Waals surface area (Å²) >= 11 is 0. The van der Waals surface area contributed by atoms with Gasteiger partial charge in [-0.05, 0) is 66.1 Å². The molecule has 11 rings (SSSR count). The van der Waals surface area contributed by atoms with Crippen molar-refractivity contribution in [3.05, 3.63) is 156 Å². The molecular weight excluding hydrogens is 613 g/mol. The summed E-state index contributed by atoms with van der Waals surface area (Å²) in [5.41, 5.74) is 10.9. The van der Waals surface area contributed by atoms with E-state index < -0.39 is 0 Å². The molecule has 50 heavy (non-hydrogen) atoms. The zero-order chi connectivity index (χ0) is 33.4. The Labute approximate surface area is 293 Å². The molecule has 5 aromatic carbocycles. The van der Waals surface area contributed by atoms with Gasteiger partial charge in [0, 0.05) is 45.4 Å². The summed E-state index contributed by atoms with van der Waals surface area (Å²) in [6, 6.07) is 49.3. The van der Waals surface area contributed by atoms with Crippen LogP contribution in [0.3, 0.4) is 0 Å². The van der Waals surface area contributed by atoms with Crippen molar-refractivity contribution in [2.45, 2.75) is 50.9 Å². The van der Waals surface area contributed by atoms with Gasteiger partial charge in [0.25, 0.3) is 0 Å². The molecule has 0 N–H and O–H groups in total. The molecule has 1 aromatic heterocycles. The van der Waals surface area contributed by atoms with Crippen LogP contribution in [0.4, 0.5) is 45.8 Å². The van der Waals surface area contributed by atoms with E-state index in [9.17, 15) is 0 Å². The molecule has 0 amide bonds. The van der Waals surface area contributed by atoms with Crippen molar-refractivity contribution in [2.75, 3.05) is 19.6 Å². The monoisotopic (exact) mass is 650 g/mol. The summed E-state index contributed by atoms with van der Waals surface area (Å²) in [7, 11) is 0. The Hall–Kier alpha value is -5.62. The SMILES string of the molecule is CCc1cnc2c(n1)N(c1ccccc1)C1C3C(c4ccccc4N21)C1(C)c2ccccc2N2c4ccccc4N(c4ccccc4)C2C31C. The minimum Gasteiger partial charge on any atom is -0.318 e. The number of para-hydroxylation sites is 6. The Balaban J connectivity index is 1.23. The van der Waals surface area contributed by atoms with Gasteiger partial charge in [-0.3, -0.25) is 0 Å². The molecule has 4 aliphatic heterocycles. The molecule has 5 aliphatic rings. The van der Waals surface area contributed by atoms with E-state index in [4.69, 9.17) is 9.97 Å². The van der Waals surface area contributed by atoms with Crippen LogP contribution >= 0.6 is 0 Å². The van der Waals surface area contributed by atoms with E-state index in [1.165, 1.54) is 39.6 Å². The predicted octanol–water partition coefficient (Wildman–Crippen LogP) is 9.98. The number of aryl methyl sites for hydroxylation is 1. The van der Waals surface area contributed by atoms with Crippen LogP contribution in [-0.4, -0.2) is 22.3 Å². The van der Waals surface area contributed by atoms with Crippen LogP contribution in [0, 0.1) is 11.3 Å². The van der Waals surface area contributed by atoms with Gasteiger partial charge in [0.2, 0.25) is 0 Å². The third-order valence-corrected chi connectivity index (χ3v) is 13.0.